The van der Waals surface area contributed by atoms with Crippen molar-refractivity contribution < 1.29 is 19.8 Å². The minimum absolute atomic E-state index is 0.102. The molecular formula is C23H33N3O4. The van der Waals surface area contributed by atoms with Crippen LogP contribution in [0, 0.1) is 0 Å². The molecule has 1 saturated heterocycles. The Morgan fingerprint density at radius 3 is 2.20 bits per heavy atom. The number of hydrogen-bond donors (Lipinski definition) is 2. The Bertz CT molecular complexity index is 798. The number of benzene rings is 1. The highest BCUT2D eigenvalue weighted by Crippen LogP contribution is 2.49. The third kappa shape index (κ3) is 3.48. The van der Waals surface area contributed by atoms with Crippen LogP contribution >= 0.6 is 0 Å². The van der Waals surface area contributed by atoms with Gasteiger partial charge in [-0.2, -0.15) is 0 Å². The van der Waals surface area contributed by atoms with Crippen LogP contribution in [0.25, 0.3) is 0 Å². The number of rotatable bonds is 6. The highest BCUT2D eigenvalue weighted by atomic mass is 16.4. The molecule has 30 heavy (non-hydrogen) atoms. The molecule has 2 N–H and O–H groups in total. The molecule has 7 nitrogen and oxygen atoms in total. The number of amides is 2. The maximum Gasteiger partial charge on any atom is 0.323 e. The molecule has 1 heterocycles. The van der Waals surface area contributed by atoms with Gasteiger partial charge in [0.1, 0.15) is 6.54 Å². The van der Waals surface area contributed by atoms with Crippen LogP contribution in [0.2, 0.25) is 0 Å². The summed E-state index contributed by atoms with van der Waals surface area (Å²) in [6.45, 7) is 0.446. The number of aliphatic hydroxyl groups is 1. The summed E-state index contributed by atoms with van der Waals surface area (Å²) in [4.78, 5) is 30.1. The molecule has 3 aliphatic rings. The zero-order valence-corrected chi connectivity index (χ0v) is 18.0. The molecule has 1 aliphatic heterocycles. The molecule has 1 aromatic rings. The van der Waals surface area contributed by atoms with E-state index < -0.39 is 17.1 Å². The fraction of sp³-hybridized carbons (Fsp3) is 0.652. The van der Waals surface area contributed by atoms with Crippen molar-refractivity contribution in [3.8, 4) is 0 Å². The SMILES string of the molecule is CN(C)[C@]1(c2ccccc2)CC[C@@]2(CC1)CN(CC(=O)O)C(=O)N2CC1(O)CCC1. The van der Waals surface area contributed by atoms with E-state index in [0.717, 1.165) is 32.1 Å². The number of nitrogens with zero attached hydrogens (tertiary/aromatic N) is 3. The van der Waals surface area contributed by atoms with Crippen molar-refractivity contribution in [2.45, 2.75) is 61.6 Å². The molecule has 0 aromatic heterocycles. The van der Waals surface area contributed by atoms with Gasteiger partial charge < -0.3 is 20.0 Å². The Kier molecular flexibility index (Phi) is 5.31. The van der Waals surface area contributed by atoms with Crippen LogP contribution in [0.4, 0.5) is 4.79 Å². The summed E-state index contributed by atoms with van der Waals surface area (Å²) in [7, 11) is 4.22. The molecule has 0 atom stereocenters. The van der Waals surface area contributed by atoms with Gasteiger partial charge in [-0.05, 0) is 64.6 Å². The molecule has 2 aliphatic carbocycles. The lowest BCUT2D eigenvalue weighted by molar-refractivity contribution is -0.137. The first-order valence-corrected chi connectivity index (χ1v) is 10.9. The standard InChI is InChI=1S/C23H33N3O4/c1-24(2)23(18-7-4-3-5-8-18)13-11-21(12-14-23)16-25(15-19(27)28)20(29)26(21)17-22(30)9-6-10-22/h3-5,7-8,30H,6,9-17H2,1-2H3,(H,27,28)/t21-,23-. The average Bonchev–Trinajstić information content (AvgIpc) is 2.93. The van der Waals surface area contributed by atoms with E-state index in [1.807, 2.05) is 11.0 Å². The van der Waals surface area contributed by atoms with E-state index in [2.05, 4.69) is 43.3 Å². The second kappa shape index (κ2) is 7.54. The first-order valence-electron chi connectivity index (χ1n) is 10.9. The summed E-state index contributed by atoms with van der Waals surface area (Å²) in [6.07, 6.45) is 5.73. The number of carbonyl (C=O) groups is 2. The molecule has 1 aromatic carbocycles. The minimum atomic E-state index is -0.995. The lowest BCUT2D eigenvalue weighted by Crippen LogP contribution is -2.59. The molecule has 164 valence electrons. The molecule has 0 bridgehead atoms. The second-order valence-electron chi connectivity index (χ2n) is 9.71. The first kappa shape index (κ1) is 21.1. The summed E-state index contributed by atoms with van der Waals surface area (Å²) in [6, 6.07) is 10.3. The Balaban J connectivity index is 1.61. The van der Waals surface area contributed by atoms with Crippen LogP contribution in [-0.2, 0) is 10.3 Å². The highest BCUT2D eigenvalue weighted by Gasteiger charge is 2.56. The number of β-amino-alcohol motifs (C(OH)–C–C–N with tert-alkyl or cyclic N) is 1. The number of urea groups is 1. The van der Waals surface area contributed by atoms with Crippen LogP contribution < -0.4 is 0 Å². The summed E-state index contributed by atoms with van der Waals surface area (Å²) >= 11 is 0. The normalized spacial score (nSPS) is 30.7. The average molecular weight is 416 g/mol. The van der Waals surface area contributed by atoms with E-state index in [-0.39, 0.29) is 18.1 Å². The third-order valence-electron chi connectivity index (χ3n) is 7.80. The Labute approximate surface area is 178 Å². The van der Waals surface area contributed by atoms with Crippen molar-refractivity contribution in [2.24, 2.45) is 0 Å². The van der Waals surface area contributed by atoms with E-state index >= 15 is 0 Å². The second-order valence-corrected chi connectivity index (χ2v) is 9.71. The quantitative estimate of drug-likeness (QED) is 0.746. The fourth-order valence-corrected chi connectivity index (χ4v) is 5.74. The molecule has 3 fully saturated rings. The third-order valence-corrected chi connectivity index (χ3v) is 7.80. The van der Waals surface area contributed by atoms with Crippen molar-refractivity contribution in [2.75, 3.05) is 33.7 Å². The van der Waals surface area contributed by atoms with Gasteiger partial charge in [-0.25, -0.2) is 4.79 Å². The van der Waals surface area contributed by atoms with E-state index in [4.69, 9.17) is 0 Å². The maximum absolute atomic E-state index is 13.2. The molecule has 0 unspecified atom stereocenters. The molecular weight excluding hydrogens is 382 g/mol. The Morgan fingerprint density at radius 1 is 1.07 bits per heavy atom. The zero-order valence-electron chi connectivity index (χ0n) is 18.0. The smallest absolute Gasteiger partial charge is 0.323 e. The van der Waals surface area contributed by atoms with Crippen LogP contribution in [0.5, 0.6) is 0 Å². The van der Waals surface area contributed by atoms with Crippen molar-refractivity contribution >= 4 is 12.0 Å². The molecule has 0 radical (unpaired) electrons. The minimum Gasteiger partial charge on any atom is -0.480 e. The molecule has 4 rings (SSSR count). The van der Waals surface area contributed by atoms with Gasteiger partial charge in [-0.3, -0.25) is 9.69 Å². The zero-order chi connectivity index (χ0) is 21.6. The molecule has 1 spiro atoms. The number of carboxylic acids is 1. The van der Waals surface area contributed by atoms with Gasteiger partial charge in [0.2, 0.25) is 0 Å². The number of aliphatic carboxylic acids is 1. The van der Waals surface area contributed by atoms with Crippen LogP contribution in [-0.4, -0.2) is 81.8 Å². The van der Waals surface area contributed by atoms with Crippen LogP contribution in [0.15, 0.2) is 30.3 Å². The van der Waals surface area contributed by atoms with Gasteiger partial charge in [0.25, 0.3) is 0 Å². The van der Waals surface area contributed by atoms with E-state index in [1.165, 1.54) is 10.5 Å². The van der Waals surface area contributed by atoms with E-state index in [0.29, 0.717) is 25.9 Å². The van der Waals surface area contributed by atoms with Crippen LogP contribution in [0.1, 0.15) is 50.5 Å². The highest BCUT2D eigenvalue weighted by molar-refractivity contribution is 5.83. The van der Waals surface area contributed by atoms with Gasteiger partial charge in [0.05, 0.1) is 17.7 Å². The van der Waals surface area contributed by atoms with Crippen molar-refractivity contribution in [1.29, 1.82) is 0 Å². The van der Waals surface area contributed by atoms with Crippen LogP contribution in [0.3, 0.4) is 0 Å². The Hall–Kier alpha value is -2.12. The van der Waals surface area contributed by atoms with Gasteiger partial charge in [0, 0.05) is 12.1 Å². The van der Waals surface area contributed by atoms with Crippen molar-refractivity contribution in [1.82, 2.24) is 14.7 Å². The number of hydrogen-bond acceptors (Lipinski definition) is 4. The van der Waals surface area contributed by atoms with Gasteiger partial charge in [-0.1, -0.05) is 30.3 Å². The fourth-order valence-electron chi connectivity index (χ4n) is 5.74. The van der Waals surface area contributed by atoms with Crippen molar-refractivity contribution in [3.63, 3.8) is 0 Å². The molecule has 7 heteroatoms. The predicted molar refractivity (Wildman–Crippen MR) is 113 cm³/mol. The lowest BCUT2D eigenvalue weighted by Gasteiger charge is -2.52. The summed E-state index contributed by atoms with van der Waals surface area (Å²) < 4.78 is 0. The van der Waals surface area contributed by atoms with Gasteiger partial charge in [0.15, 0.2) is 0 Å². The summed E-state index contributed by atoms with van der Waals surface area (Å²) in [5.74, 6) is -0.995. The summed E-state index contributed by atoms with van der Waals surface area (Å²) in [5, 5.41) is 20.1. The lowest BCUT2D eigenvalue weighted by atomic mass is 9.67. The number of carboxylic acid groups (broad SMARTS) is 1. The number of carbonyl (C=O) groups excluding carboxylic acids is 1. The van der Waals surface area contributed by atoms with Gasteiger partial charge in [-0.15, -0.1) is 0 Å². The summed E-state index contributed by atoms with van der Waals surface area (Å²) in [5.41, 5.74) is -0.0565. The monoisotopic (exact) mass is 415 g/mol. The van der Waals surface area contributed by atoms with E-state index in [9.17, 15) is 19.8 Å². The van der Waals surface area contributed by atoms with E-state index in [1.54, 1.807) is 0 Å². The van der Waals surface area contributed by atoms with Crippen molar-refractivity contribution in [3.05, 3.63) is 35.9 Å². The molecule has 2 saturated carbocycles. The maximum atomic E-state index is 13.2. The topological polar surface area (TPSA) is 84.3 Å². The first-order chi connectivity index (χ1) is 14.2. The van der Waals surface area contributed by atoms with Gasteiger partial charge >= 0.3 is 12.0 Å². The Morgan fingerprint density at radius 2 is 1.70 bits per heavy atom. The molecule has 2 amide bonds. The largest absolute Gasteiger partial charge is 0.480 e. The predicted octanol–water partition coefficient (Wildman–Crippen LogP) is 2.49.